The number of benzene rings is 3. The van der Waals surface area contributed by atoms with Crippen molar-refractivity contribution in [1.29, 1.82) is 0 Å². The predicted molar refractivity (Wildman–Crippen MR) is 123 cm³/mol. The first-order valence-electron chi connectivity index (χ1n) is 11.1. The van der Waals surface area contributed by atoms with E-state index < -0.39 is 46.2 Å². The van der Waals surface area contributed by atoms with Crippen molar-refractivity contribution in [2.24, 2.45) is 0 Å². The minimum atomic E-state index is -5.01. The summed E-state index contributed by atoms with van der Waals surface area (Å²) >= 11 is 0. The van der Waals surface area contributed by atoms with Crippen molar-refractivity contribution < 1.29 is 45.1 Å². The summed E-state index contributed by atoms with van der Waals surface area (Å²) in [5, 5.41) is 1.84. The van der Waals surface area contributed by atoms with Crippen LogP contribution in [0.4, 0.5) is 13.2 Å². The number of carbonyl (C=O) groups excluding carboxylic acids is 1. The van der Waals surface area contributed by atoms with E-state index in [-0.39, 0.29) is 11.3 Å². The first-order chi connectivity index (χ1) is 17.0. The van der Waals surface area contributed by atoms with Gasteiger partial charge in [0.1, 0.15) is 12.2 Å². The van der Waals surface area contributed by atoms with Crippen LogP contribution in [-0.2, 0) is 20.5 Å². The molecule has 0 saturated heterocycles. The molecule has 1 aliphatic rings. The van der Waals surface area contributed by atoms with E-state index in [1.54, 1.807) is 0 Å². The molecule has 0 unspecified atom stereocenters. The smallest absolute Gasteiger partial charge is 0.573 e. The average molecular weight is 524 g/mol. The summed E-state index contributed by atoms with van der Waals surface area (Å²) in [7, 11) is -4.61. The Morgan fingerprint density at radius 2 is 1.67 bits per heavy atom. The van der Waals surface area contributed by atoms with Gasteiger partial charge >= 0.3 is 12.3 Å². The Labute approximate surface area is 205 Å². The highest BCUT2D eigenvalue weighted by Gasteiger charge is 2.41. The van der Waals surface area contributed by atoms with Gasteiger partial charge in [-0.15, -0.1) is 13.2 Å². The fourth-order valence-electron chi connectivity index (χ4n) is 4.45. The van der Waals surface area contributed by atoms with E-state index in [1.165, 1.54) is 0 Å². The Hall–Kier alpha value is -3.31. The maximum Gasteiger partial charge on any atom is 0.573 e. The molecule has 3 aromatic carbocycles. The van der Waals surface area contributed by atoms with E-state index in [0.717, 1.165) is 47.4 Å². The molecule has 3 aromatic rings. The molecule has 1 aliphatic carbocycles. The van der Waals surface area contributed by atoms with Gasteiger partial charge in [0.2, 0.25) is 0 Å². The maximum absolute atomic E-state index is 13.1. The summed E-state index contributed by atoms with van der Waals surface area (Å²) in [6.07, 6.45) is -2.38. The zero-order chi connectivity index (χ0) is 26.0. The monoisotopic (exact) mass is 523 g/mol. The van der Waals surface area contributed by atoms with E-state index in [9.17, 15) is 30.9 Å². The molecule has 192 valence electrons. The molecule has 1 saturated carbocycles. The predicted octanol–water partition coefficient (Wildman–Crippen LogP) is 5.29. The lowest BCUT2D eigenvalue weighted by Gasteiger charge is -2.33. The molecule has 7 nitrogen and oxygen atoms in total. The Morgan fingerprint density at radius 1 is 0.972 bits per heavy atom. The number of alkyl halides is 3. The van der Waals surface area contributed by atoms with Crippen LogP contribution in [0.3, 0.4) is 0 Å². The van der Waals surface area contributed by atoms with Crippen molar-refractivity contribution in [3.63, 3.8) is 0 Å². The van der Waals surface area contributed by atoms with E-state index in [1.807, 2.05) is 42.5 Å². The standard InChI is InChI=1S/C25H23F3O7S/c26-25(27,28)35-21-11-10-18(23(29)33-14-15-36(30,31)32)16-22(21)34-24(12-3-4-13-24)20-9-5-7-17-6-1-2-8-19(17)20/h1-2,5-11,16H,3-4,12-15H2,(H,30,31,32)/p-1. The van der Waals surface area contributed by atoms with Crippen LogP contribution in [-0.4, -0.2) is 37.7 Å². The summed E-state index contributed by atoms with van der Waals surface area (Å²) in [6, 6.07) is 16.3. The first-order valence-corrected chi connectivity index (χ1v) is 12.7. The van der Waals surface area contributed by atoms with Crippen molar-refractivity contribution in [1.82, 2.24) is 0 Å². The molecule has 4 rings (SSSR count). The van der Waals surface area contributed by atoms with Gasteiger partial charge < -0.3 is 18.8 Å². The minimum Gasteiger partial charge on any atom is -0.748 e. The van der Waals surface area contributed by atoms with Crippen LogP contribution < -0.4 is 9.47 Å². The molecular weight excluding hydrogens is 501 g/mol. The Morgan fingerprint density at radius 3 is 2.36 bits per heavy atom. The summed E-state index contributed by atoms with van der Waals surface area (Å²) in [5.41, 5.74) is -0.345. The zero-order valence-electron chi connectivity index (χ0n) is 18.9. The second kappa shape index (κ2) is 9.98. The molecule has 0 aromatic heterocycles. The number of esters is 1. The lowest BCUT2D eigenvalue weighted by molar-refractivity contribution is -0.275. The molecule has 0 aliphatic heterocycles. The van der Waals surface area contributed by atoms with Gasteiger partial charge in [0.25, 0.3) is 0 Å². The normalized spacial score (nSPS) is 15.6. The molecule has 0 heterocycles. The van der Waals surface area contributed by atoms with Crippen LogP contribution >= 0.6 is 0 Å². The fraction of sp³-hybridized carbons (Fsp3) is 0.320. The second-order valence-electron chi connectivity index (χ2n) is 8.44. The fourth-order valence-corrected chi connectivity index (χ4v) is 4.74. The highest BCUT2D eigenvalue weighted by atomic mass is 32.2. The molecule has 1 fully saturated rings. The molecule has 0 amide bonds. The van der Waals surface area contributed by atoms with Gasteiger partial charge in [-0.1, -0.05) is 42.5 Å². The van der Waals surface area contributed by atoms with E-state index in [4.69, 9.17) is 9.47 Å². The van der Waals surface area contributed by atoms with Crippen molar-refractivity contribution in [2.45, 2.75) is 37.6 Å². The number of hydrogen-bond donors (Lipinski definition) is 0. The molecule has 11 heteroatoms. The lowest BCUT2D eigenvalue weighted by atomic mass is 9.87. The molecule has 0 radical (unpaired) electrons. The summed E-state index contributed by atoms with van der Waals surface area (Å²) in [5.74, 6) is -2.89. The van der Waals surface area contributed by atoms with Crippen molar-refractivity contribution in [3.8, 4) is 11.5 Å². The Bertz CT molecular complexity index is 1360. The van der Waals surface area contributed by atoms with Gasteiger partial charge in [0.05, 0.1) is 21.4 Å². The van der Waals surface area contributed by atoms with Crippen LogP contribution in [0.15, 0.2) is 60.7 Å². The summed E-state index contributed by atoms with van der Waals surface area (Å²) in [4.78, 5) is 12.4. The van der Waals surface area contributed by atoms with Crippen LogP contribution in [0, 0.1) is 0 Å². The number of rotatable bonds is 8. The second-order valence-corrected chi connectivity index (χ2v) is 9.96. The number of ether oxygens (including phenoxy) is 3. The molecule has 36 heavy (non-hydrogen) atoms. The Kier molecular flexibility index (Phi) is 7.14. The topological polar surface area (TPSA) is 102 Å². The largest absolute Gasteiger partial charge is 0.748 e. The summed E-state index contributed by atoms with van der Waals surface area (Å²) in [6.45, 7) is -0.693. The van der Waals surface area contributed by atoms with Crippen molar-refractivity contribution in [2.75, 3.05) is 12.4 Å². The first kappa shape index (κ1) is 25.8. The molecule has 0 atom stereocenters. The third-order valence-electron chi connectivity index (χ3n) is 5.97. The van der Waals surface area contributed by atoms with Crippen LogP contribution in [0.1, 0.15) is 41.6 Å². The SMILES string of the molecule is O=C(OCCS(=O)(=O)[O-])c1ccc(OC(F)(F)F)c(OC2(c3cccc4ccccc34)CCCC2)c1. The highest BCUT2D eigenvalue weighted by Crippen LogP contribution is 2.47. The quantitative estimate of drug-likeness (QED) is 0.292. The Balaban J connectivity index is 1.72. The van der Waals surface area contributed by atoms with Gasteiger partial charge in [-0.3, -0.25) is 0 Å². The number of carbonyl (C=O) groups is 1. The van der Waals surface area contributed by atoms with Crippen molar-refractivity contribution in [3.05, 3.63) is 71.8 Å². The van der Waals surface area contributed by atoms with Gasteiger partial charge in [-0.25, -0.2) is 13.2 Å². The minimum absolute atomic E-state index is 0.186. The zero-order valence-corrected chi connectivity index (χ0v) is 19.7. The number of fused-ring (bicyclic) bond motifs is 1. The number of hydrogen-bond acceptors (Lipinski definition) is 7. The van der Waals surface area contributed by atoms with Crippen molar-refractivity contribution >= 4 is 26.9 Å². The van der Waals surface area contributed by atoms with E-state index >= 15 is 0 Å². The van der Waals surface area contributed by atoms with Crippen LogP contribution in [0.2, 0.25) is 0 Å². The molecule has 0 bridgehead atoms. The van der Waals surface area contributed by atoms with Gasteiger partial charge in [-0.2, -0.15) is 0 Å². The van der Waals surface area contributed by atoms with Gasteiger partial charge in [0, 0.05) is 5.56 Å². The van der Waals surface area contributed by atoms with Gasteiger partial charge in [0.15, 0.2) is 11.5 Å². The average Bonchev–Trinajstić information content (AvgIpc) is 3.27. The third kappa shape index (κ3) is 6.08. The van der Waals surface area contributed by atoms with Gasteiger partial charge in [-0.05, 0) is 54.7 Å². The number of halogens is 3. The van der Waals surface area contributed by atoms with E-state index in [0.29, 0.717) is 12.8 Å². The third-order valence-corrected chi connectivity index (χ3v) is 6.64. The summed E-state index contributed by atoms with van der Waals surface area (Å²) < 4.78 is 87.0. The molecule has 0 spiro atoms. The maximum atomic E-state index is 13.1. The lowest BCUT2D eigenvalue weighted by Crippen LogP contribution is -2.30. The van der Waals surface area contributed by atoms with Crippen LogP contribution in [0.25, 0.3) is 10.8 Å². The molecule has 0 N–H and O–H groups in total. The molecular formula is C25H22F3O7S-. The highest BCUT2D eigenvalue weighted by molar-refractivity contribution is 7.85. The van der Waals surface area contributed by atoms with E-state index in [2.05, 4.69) is 4.74 Å². The van der Waals surface area contributed by atoms with Crippen LogP contribution in [0.5, 0.6) is 11.5 Å².